The van der Waals surface area contributed by atoms with Gasteiger partial charge in [-0.3, -0.25) is 0 Å². The van der Waals surface area contributed by atoms with E-state index in [2.05, 4.69) is 22.2 Å². The van der Waals surface area contributed by atoms with Crippen LogP contribution in [0.25, 0.3) is 11.3 Å². The summed E-state index contributed by atoms with van der Waals surface area (Å²) in [5.74, 6) is 2.11. The molecule has 0 spiro atoms. The van der Waals surface area contributed by atoms with E-state index in [1.807, 2.05) is 24.3 Å². The molecule has 1 aromatic heterocycles. The summed E-state index contributed by atoms with van der Waals surface area (Å²) >= 11 is 0. The number of rotatable bonds is 6. The van der Waals surface area contributed by atoms with Gasteiger partial charge < -0.3 is 14.8 Å². The van der Waals surface area contributed by atoms with E-state index in [1.165, 1.54) is 0 Å². The van der Waals surface area contributed by atoms with E-state index in [1.54, 1.807) is 20.4 Å². The van der Waals surface area contributed by atoms with Gasteiger partial charge in [0.25, 0.3) is 0 Å². The highest BCUT2D eigenvalue weighted by molar-refractivity contribution is 5.69. The van der Waals surface area contributed by atoms with Crippen LogP contribution in [0.3, 0.4) is 0 Å². The Morgan fingerprint density at radius 3 is 2.70 bits per heavy atom. The number of ether oxygens (including phenoxy) is 2. The molecule has 0 saturated carbocycles. The Labute approximate surface area is 119 Å². The summed E-state index contributed by atoms with van der Waals surface area (Å²) in [6.07, 6.45) is 2.77. The van der Waals surface area contributed by atoms with E-state index in [9.17, 15) is 0 Å². The quantitative estimate of drug-likeness (QED) is 0.876. The smallest absolute Gasteiger partial charge is 0.223 e. The molecule has 106 valence electrons. The normalized spacial score (nSPS) is 10.2. The van der Waals surface area contributed by atoms with Crippen molar-refractivity contribution in [2.75, 3.05) is 26.1 Å². The second-order valence-corrected chi connectivity index (χ2v) is 4.26. The van der Waals surface area contributed by atoms with Gasteiger partial charge in [0.15, 0.2) is 0 Å². The summed E-state index contributed by atoms with van der Waals surface area (Å²) in [6.45, 7) is 2.95. The molecule has 1 heterocycles. The third-order valence-electron chi connectivity index (χ3n) is 2.87. The number of methoxy groups -OCH3 is 2. The molecule has 0 atom stereocenters. The summed E-state index contributed by atoms with van der Waals surface area (Å²) in [5.41, 5.74) is 1.73. The van der Waals surface area contributed by atoms with E-state index in [-0.39, 0.29) is 0 Å². The van der Waals surface area contributed by atoms with Crippen molar-refractivity contribution in [3.8, 4) is 22.8 Å². The Bertz CT molecular complexity index is 573. The molecular weight excluding hydrogens is 254 g/mol. The standard InChI is InChI=1S/C15H19N3O2/c1-4-8-16-15-17-9-7-13(18-15)12-6-5-11(19-2)10-14(12)20-3/h5-7,9-10H,4,8H2,1-3H3,(H,16,17,18). The zero-order valence-electron chi connectivity index (χ0n) is 12.0. The molecule has 0 bridgehead atoms. The van der Waals surface area contributed by atoms with E-state index in [4.69, 9.17) is 9.47 Å². The predicted octanol–water partition coefficient (Wildman–Crippen LogP) is 2.98. The molecule has 1 N–H and O–H groups in total. The van der Waals surface area contributed by atoms with Gasteiger partial charge in [-0.15, -0.1) is 0 Å². The van der Waals surface area contributed by atoms with Crippen LogP contribution in [0.1, 0.15) is 13.3 Å². The lowest BCUT2D eigenvalue weighted by Crippen LogP contribution is -2.04. The number of nitrogens with zero attached hydrogens (tertiary/aromatic N) is 2. The molecule has 2 aromatic rings. The van der Waals surface area contributed by atoms with Gasteiger partial charge in [0.1, 0.15) is 11.5 Å². The van der Waals surface area contributed by atoms with Crippen molar-refractivity contribution in [2.45, 2.75) is 13.3 Å². The van der Waals surface area contributed by atoms with Crippen LogP contribution in [0, 0.1) is 0 Å². The molecule has 0 aliphatic carbocycles. The highest BCUT2D eigenvalue weighted by atomic mass is 16.5. The van der Waals surface area contributed by atoms with E-state index < -0.39 is 0 Å². The largest absolute Gasteiger partial charge is 0.497 e. The van der Waals surface area contributed by atoms with Crippen molar-refractivity contribution in [2.24, 2.45) is 0 Å². The first-order valence-electron chi connectivity index (χ1n) is 6.57. The topological polar surface area (TPSA) is 56.3 Å². The lowest BCUT2D eigenvalue weighted by molar-refractivity contribution is 0.395. The Hall–Kier alpha value is -2.30. The second-order valence-electron chi connectivity index (χ2n) is 4.26. The lowest BCUT2D eigenvalue weighted by atomic mass is 10.1. The Balaban J connectivity index is 2.35. The first-order chi connectivity index (χ1) is 9.78. The zero-order valence-corrected chi connectivity index (χ0v) is 12.0. The van der Waals surface area contributed by atoms with Crippen molar-refractivity contribution in [3.63, 3.8) is 0 Å². The first-order valence-corrected chi connectivity index (χ1v) is 6.57. The van der Waals surface area contributed by atoms with Crippen molar-refractivity contribution in [1.82, 2.24) is 9.97 Å². The van der Waals surface area contributed by atoms with Crippen LogP contribution in [0.15, 0.2) is 30.5 Å². The van der Waals surface area contributed by atoms with Crippen LogP contribution in [0.4, 0.5) is 5.95 Å². The van der Waals surface area contributed by atoms with Gasteiger partial charge in [0, 0.05) is 24.4 Å². The SMILES string of the molecule is CCCNc1nccc(-c2ccc(OC)cc2OC)n1. The van der Waals surface area contributed by atoms with E-state index in [0.29, 0.717) is 5.95 Å². The lowest BCUT2D eigenvalue weighted by Gasteiger charge is -2.11. The average Bonchev–Trinajstić information content (AvgIpc) is 2.52. The number of hydrogen-bond acceptors (Lipinski definition) is 5. The molecule has 5 nitrogen and oxygen atoms in total. The van der Waals surface area contributed by atoms with Gasteiger partial charge in [-0.05, 0) is 24.6 Å². The third-order valence-corrected chi connectivity index (χ3v) is 2.87. The molecule has 0 amide bonds. The number of hydrogen-bond donors (Lipinski definition) is 1. The molecule has 0 fully saturated rings. The van der Waals surface area contributed by atoms with Crippen LogP contribution < -0.4 is 14.8 Å². The minimum atomic E-state index is 0.627. The van der Waals surface area contributed by atoms with Crippen molar-refractivity contribution in [3.05, 3.63) is 30.5 Å². The molecule has 20 heavy (non-hydrogen) atoms. The minimum absolute atomic E-state index is 0.627. The molecule has 0 unspecified atom stereocenters. The molecule has 0 saturated heterocycles. The van der Waals surface area contributed by atoms with Gasteiger partial charge in [-0.2, -0.15) is 0 Å². The second kappa shape index (κ2) is 6.75. The van der Waals surface area contributed by atoms with Crippen LogP contribution in [-0.2, 0) is 0 Å². The average molecular weight is 273 g/mol. The maximum atomic E-state index is 5.40. The van der Waals surface area contributed by atoms with Crippen molar-refractivity contribution in [1.29, 1.82) is 0 Å². The fourth-order valence-corrected chi connectivity index (χ4v) is 1.84. The summed E-state index contributed by atoms with van der Waals surface area (Å²) in [7, 11) is 3.27. The summed E-state index contributed by atoms with van der Waals surface area (Å²) < 4.78 is 10.6. The highest BCUT2D eigenvalue weighted by Gasteiger charge is 2.09. The summed E-state index contributed by atoms with van der Waals surface area (Å²) in [6, 6.07) is 7.53. The summed E-state index contributed by atoms with van der Waals surface area (Å²) in [4.78, 5) is 8.71. The minimum Gasteiger partial charge on any atom is -0.497 e. The maximum Gasteiger partial charge on any atom is 0.223 e. The van der Waals surface area contributed by atoms with Crippen LogP contribution in [0.2, 0.25) is 0 Å². The number of nitrogens with one attached hydrogen (secondary N) is 1. The van der Waals surface area contributed by atoms with Crippen molar-refractivity contribution < 1.29 is 9.47 Å². The fraction of sp³-hybridized carbons (Fsp3) is 0.333. The molecule has 0 radical (unpaired) electrons. The number of anilines is 1. The molecule has 0 aliphatic rings. The van der Waals surface area contributed by atoms with Gasteiger partial charge in [0.05, 0.1) is 19.9 Å². The van der Waals surface area contributed by atoms with Gasteiger partial charge in [0.2, 0.25) is 5.95 Å². The first kappa shape index (κ1) is 14.1. The van der Waals surface area contributed by atoms with Gasteiger partial charge in [-0.1, -0.05) is 6.92 Å². The molecule has 5 heteroatoms. The molecular formula is C15H19N3O2. The van der Waals surface area contributed by atoms with Crippen molar-refractivity contribution >= 4 is 5.95 Å². The van der Waals surface area contributed by atoms with E-state index in [0.717, 1.165) is 35.7 Å². The third kappa shape index (κ3) is 3.17. The van der Waals surface area contributed by atoms with Gasteiger partial charge in [-0.25, -0.2) is 9.97 Å². The zero-order chi connectivity index (χ0) is 14.4. The van der Waals surface area contributed by atoms with Crippen LogP contribution >= 0.6 is 0 Å². The molecule has 2 rings (SSSR count). The Morgan fingerprint density at radius 2 is 2.00 bits per heavy atom. The summed E-state index contributed by atoms with van der Waals surface area (Å²) in [5, 5.41) is 3.18. The van der Waals surface area contributed by atoms with Gasteiger partial charge >= 0.3 is 0 Å². The predicted molar refractivity (Wildman–Crippen MR) is 79.4 cm³/mol. The van der Waals surface area contributed by atoms with Crippen LogP contribution in [0.5, 0.6) is 11.5 Å². The Kier molecular flexibility index (Phi) is 4.76. The number of aromatic nitrogens is 2. The maximum absolute atomic E-state index is 5.40. The molecule has 1 aromatic carbocycles. The highest BCUT2D eigenvalue weighted by Crippen LogP contribution is 2.32. The van der Waals surface area contributed by atoms with Crippen LogP contribution in [-0.4, -0.2) is 30.7 Å². The number of benzene rings is 1. The van der Waals surface area contributed by atoms with E-state index >= 15 is 0 Å². The molecule has 0 aliphatic heterocycles. The fourth-order valence-electron chi connectivity index (χ4n) is 1.84. The Morgan fingerprint density at radius 1 is 1.15 bits per heavy atom. The monoisotopic (exact) mass is 273 g/mol.